The molecule has 0 aliphatic carbocycles. The molecule has 0 saturated carbocycles. The van der Waals surface area contributed by atoms with Gasteiger partial charge in [0.05, 0.1) is 10.6 Å². The maximum atomic E-state index is 12.9. The maximum Gasteiger partial charge on any atom is 0.418 e. The lowest BCUT2D eigenvalue weighted by Crippen LogP contribution is -2.10. The van der Waals surface area contributed by atoms with Crippen molar-refractivity contribution < 1.29 is 18.3 Å². The van der Waals surface area contributed by atoms with E-state index in [2.05, 4.69) is 5.32 Å². The molecule has 2 nitrogen and oxygen atoms in total. The van der Waals surface area contributed by atoms with Crippen LogP contribution in [-0.2, 0) is 12.7 Å². The van der Waals surface area contributed by atoms with Gasteiger partial charge in [0, 0.05) is 17.3 Å². The van der Waals surface area contributed by atoms with Crippen LogP contribution in [0.25, 0.3) is 0 Å². The van der Waals surface area contributed by atoms with Crippen LogP contribution in [0.5, 0.6) is 5.75 Å². The van der Waals surface area contributed by atoms with Gasteiger partial charge in [-0.25, -0.2) is 0 Å². The molecule has 0 saturated heterocycles. The van der Waals surface area contributed by atoms with E-state index in [0.717, 1.165) is 6.07 Å². The number of phenolic OH excluding ortho intramolecular Hbond substituents is 1. The lowest BCUT2D eigenvalue weighted by Gasteiger charge is -2.15. The Morgan fingerprint density at radius 3 is 2.38 bits per heavy atom. The second-order valence-corrected chi connectivity index (χ2v) is 5.17. The summed E-state index contributed by atoms with van der Waals surface area (Å²) in [6.45, 7) is 0.130. The molecule has 0 aliphatic rings. The fourth-order valence-electron chi connectivity index (χ4n) is 1.76. The van der Waals surface area contributed by atoms with E-state index in [1.54, 1.807) is 6.07 Å². The molecular weight excluding hydrogens is 326 g/mol. The standard InChI is InChI=1S/C14H10Cl2F3NO/c15-9-2-3-12(10(6-9)14(17,18)19)20-7-8-1-4-13(21)11(16)5-8/h1-6,20-21H,7H2. The Hall–Kier alpha value is -1.59. The number of hydrogen-bond acceptors (Lipinski definition) is 2. The van der Waals surface area contributed by atoms with Crippen molar-refractivity contribution in [3.05, 3.63) is 57.6 Å². The molecule has 0 amide bonds. The van der Waals surface area contributed by atoms with Crippen molar-refractivity contribution in [2.45, 2.75) is 12.7 Å². The summed E-state index contributed by atoms with van der Waals surface area (Å²) >= 11 is 11.4. The summed E-state index contributed by atoms with van der Waals surface area (Å²) < 4.78 is 38.8. The van der Waals surface area contributed by atoms with Gasteiger partial charge in [-0.2, -0.15) is 13.2 Å². The van der Waals surface area contributed by atoms with Crippen LogP contribution in [0.15, 0.2) is 36.4 Å². The SMILES string of the molecule is Oc1ccc(CNc2ccc(Cl)cc2C(F)(F)F)cc1Cl. The van der Waals surface area contributed by atoms with Crippen molar-refractivity contribution in [1.82, 2.24) is 0 Å². The number of nitrogens with one attached hydrogen (secondary N) is 1. The molecule has 112 valence electrons. The Labute approximate surface area is 129 Å². The number of benzene rings is 2. The van der Waals surface area contributed by atoms with E-state index in [0.29, 0.717) is 5.56 Å². The van der Waals surface area contributed by atoms with Crippen molar-refractivity contribution in [2.24, 2.45) is 0 Å². The van der Waals surface area contributed by atoms with E-state index in [4.69, 9.17) is 23.2 Å². The van der Waals surface area contributed by atoms with Crippen LogP contribution in [0.1, 0.15) is 11.1 Å². The molecule has 0 fully saturated rings. The van der Waals surface area contributed by atoms with Gasteiger partial charge in [0.15, 0.2) is 0 Å². The molecule has 2 aromatic rings. The highest BCUT2D eigenvalue weighted by Gasteiger charge is 2.33. The molecule has 0 bridgehead atoms. The zero-order valence-electron chi connectivity index (χ0n) is 10.5. The Balaban J connectivity index is 2.22. The molecule has 0 aliphatic heterocycles. The van der Waals surface area contributed by atoms with Crippen LogP contribution in [-0.4, -0.2) is 5.11 Å². The molecule has 2 aromatic carbocycles. The molecule has 21 heavy (non-hydrogen) atoms. The summed E-state index contributed by atoms with van der Waals surface area (Å²) in [4.78, 5) is 0. The van der Waals surface area contributed by atoms with Gasteiger partial charge in [-0.1, -0.05) is 29.3 Å². The van der Waals surface area contributed by atoms with Crippen molar-refractivity contribution in [1.29, 1.82) is 0 Å². The maximum absolute atomic E-state index is 12.9. The van der Waals surface area contributed by atoms with E-state index in [1.165, 1.54) is 24.3 Å². The van der Waals surface area contributed by atoms with Gasteiger partial charge in [-0.15, -0.1) is 0 Å². The topological polar surface area (TPSA) is 32.3 Å². The minimum Gasteiger partial charge on any atom is -0.506 e. The van der Waals surface area contributed by atoms with Crippen LogP contribution >= 0.6 is 23.2 Å². The molecule has 0 unspecified atom stereocenters. The minimum absolute atomic E-state index is 0.0144. The monoisotopic (exact) mass is 335 g/mol. The van der Waals surface area contributed by atoms with Crippen molar-refractivity contribution in [3.8, 4) is 5.75 Å². The van der Waals surface area contributed by atoms with Crippen LogP contribution < -0.4 is 5.32 Å². The van der Waals surface area contributed by atoms with Crippen molar-refractivity contribution in [3.63, 3.8) is 0 Å². The molecule has 7 heteroatoms. The van der Waals surface area contributed by atoms with Crippen LogP contribution in [0.4, 0.5) is 18.9 Å². The number of phenols is 1. The average Bonchev–Trinajstić information content (AvgIpc) is 2.40. The van der Waals surface area contributed by atoms with Gasteiger partial charge in [0.25, 0.3) is 0 Å². The summed E-state index contributed by atoms with van der Waals surface area (Å²) in [6.07, 6.45) is -4.50. The summed E-state index contributed by atoms with van der Waals surface area (Å²) in [6, 6.07) is 7.94. The highest BCUT2D eigenvalue weighted by molar-refractivity contribution is 6.32. The first-order chi connectivity index (χ1) is 9.77. The summed E-state index contributed by atoms with van der Waals surface area (Å²) in [5.41, 5.74) is -0.267. The third-order valence-electron chi connectivity index (χ3n) is 2.78. The van der Waals surface area contributed by atoms with Gasteiger partial charge in [-0.05, 0) is 35.9 Å². The zero-order valence-corrected chi connectivity index (χ0v) is 12.0. The Morgan fingerprint density at radius 1 is 1.05 bits per heavy atom. The summed E-state index contributed by atoms with van der Waals surface area (Å²) in [7, 11) is 0. The number of hydrogen-bond donors (Lipinski definition) is 2. The van der Waals surface area contributed by atoms with Gasteiger partial charge in [-0.3, -0.25) is 0 Å². The quantitative estimate of drug-likeness (QED) is 0.794. The van der Waals surface area contributed by atoms with E-state index in [-0.39, 0.29) is 28.0 Å². The molecule has 0 spiro atoms. The molecule has 2 N–H and O–H groups in total. The highest BCUT2D eigenvalue weighted by Crippen LogP contribution is 2.36. The van der Waals surface area contributed by atoms with Gasteiger partial charge < -0.3 is 10.4 Å². The third-order valence-corrected chi connectivity index (χ3v) is 3.32. The normalized spacial score (nSPS) is 11.5. The second kappa shape index (κ2) is 6.03. The van der Waals surface area contributed by atoms with Gasteiger partial charge in [0.1, 0.15) is 5.75 Å². The first-order valence-corrected chi connectivity index (χ1v) is 6.61. The van der Waals surface area contributed by atoms with Crippen molar-refractivity contribution in [2.75, 3.05) is 5.32 Å². The van der Waals surface area contributed by atoms with E-state index >= 15 is 0 Å². The fourth-order valence-corrected chi connectivity index (χ4v) is 2.14. The lowest BCUT2D eigenvalue weighted by atomic mass is 10.1. The van der Waals surface area contributed by atoms with Crippen LogP contribution in [0.3, 0.4) is 0 Å². The largest absolute Gasteiger partial charge is 0.506 e. The molecule has 0 radical (unpaired) electrons. The fraction of sp³-hybridized carbons (Fsp3) is 0.143. The summed E-state index contributed by atoms with van der Waals surface area (Å²) in [5.74, 6) is -0.0807. The smallest absolute Gasteiger partial charge is 0.418 e. The predicted molar refractivity (Wildman–Crippen MR) is 76.9 cm³/mol. The highest BCUT2D eigenvalue weighted by atomic mass is 35.5. The first kappa shape index (κ1) is 15.8. The first-order valence-electron chi connectivity index (χ1n) is 5.85. The third kappa shape index (κ3) is 3.95. The van der Waals surface area contributed by atoms with Crippen LogP contribution in [0.2, 0.25) is 10.0 Å². The zero-order chi connectivity index (χ0) is 15.6. The molecule has 2 rings (SSSR count). The number of halogens is 5. The predicted octanol–water partition coefficient (Wildman–Crippen LogP) is 5.33. The molecule has 0 heterocycles. The lowest BCUT2D eigenvalue weighted by molar-refractivity contribution is -0.136. The second-order valence-electron chi connectivity index (χ2n) is 4.33. The molecule has 0 atom stereocenters. The minimum atomic E-state index is -4.50. The number of anilines is 1. The van der Waals surface area contributed by atoms with E-state index < -0.39 is 11.7 Å². The van der Waals surface area contributed by atoms with Crippen molar-refractivity contribution >= 4 is 28.9 Å². The Bertz CT molecular complexity index is 659. The van der Waals surface area contributed by atoms with E-state index in [1.807, 2.05) is 0 Å². The van der Waals surface area contributed by atoms with Crippen LogP contribution in [0, 0.1) is 0 Å². The summed E-state index contributed by atoms with van der Waals surface area (Å²) in [5, 5.41) is 12.1. The molecule has 0 aromatic heterocycles. The van der Waals surface area contributed by atoms with Gasteiger partial charge in [0.2, 0.25) is 0 Å². The van der Waals surface area contributed by atoms with Gasteiger partial charge >= 0.3 is 6.18 Å². The number of alkyl halides is 3. The number of aromatic hydroxyl groups is 1. The van der Waals surface area contributed by atoms with E-state index in [9.17, 15) is 18.3 Å². The molecular formula is C14H10Cl2F3NO. The Morgan fingerprint density at radius 2 is 1.76 bits per heavy atom. The average molecular weight is 336 g/mol. The number of rotatable bonds is 3. The Kier molecular flexibility index (Phi) is 4.54.